The van der Waals surface area contributed by atoms with Gasteiger partial charge in [-0.2, -0.15) is 5.10 Å². The number of nitrogens with two attached hydrogens (primary N) is 1. The second-order valence-electron chi connectivity index (χ2n) is 4.34. The van der Waals surface area contributed by atoms with Crippen molar-refractivity contribution >= 4 is 5.69 Å². The summed E-state index contributed by atoms with van der Waals surface area (Å²) in [6, 6.07) is 1.00. The van der Waals surface area contributed by atoms with Crippen molar-refractivity contribution in [2.24, 2.45) is 5.73 Å². The van der Waals surface area contributed by atoms with Crippen LogP contribution in [0.2, 0.25) is 0 Å². The zero-order chi connectivity index (χ0) is 10.7. The van der Waals surface area contributed by atoms with Gasteiger partial charge in [0.2, 0.25) is 0 Å². The molecule has 2 rings (SSSR count). The third-order valence-corrected chi connectivity index (χ3v) is 3.10. The van der Waals surface area contributed by atoms with Crippen LogP contribution in [0.4, 0.5) is 5.69 Å². The van der Waals surface area contributed by atoms with Gasteiger partial charge in [-0.15, -0.1) is 0 Å². The van der Waals surface area contributed by atoms with E-state index in [9.17, 15) is 0 Å². The van der Waals surface area contributed by atoms with Gasteiger partial charge in [-0.3, -0.25) is 4.68 Å². The zero-order valence-corrected chi connectivity index (χ0v) is 9.32. The summed E-state index contributed by atoms with van der Waals surface area (Å²) in [4.78, 5) is 0. The van der Waals surface area contributed by atoms with Crippen LogP contribution in [0.5, 0.6) is 0 Å². The van der Waals surface area contributed by atoms with Gasteiger partial charge in [-0.05, 0) is 32.6 Å². The van der Waals surface area contributed by atoms with Crippen LogP contribution in [-0.2, 0) is 6.54 Å². The Kier molecular flexibility index (Phi) is 3.26. The van der Waals surface area contributed by atoms with Crippen molar-refractivity contribution in [2.75, 3.05) is 5.32 Å². The molecule has 15 heavy (non-hydrogen) atoms. The Labute approximate surface area is 90.8 Å². The molecule has 1 aliphatic carbocycles. The van der Waals surface area contributed by atoms with Crippen molar-refractivity contribution in [3.05, 3.63) is 12.4 Å². The molecule has 0 spiro atoms. The Balaban J connectivity index is 1.86. The number of nitrogens with one attached hydrogen (secondary N) is 1. The third kappa shape index (κ3) is 2.72. The topological polar surface area (TPSA) is 55.9 Å². The number of aryl methyl sites for hydroxylation is 1. The highest BCUT2D eigenvalue weighted by molar-refractivity contribution is 5.39. The maximum atomic E-state index is 5.87. The van der Waals surface area contributed by atoms with Crippen LogP contribution < -0.4 is 11.1 Å². The van der Waals surface area contributed by atoms with Crippen molar-refractivity contribution in [3.8, 4) is 0 Å². The van der Waals surface area contributed by atoms with E-state index >= 15 is 0 Å². The highest BCUT2D eigenvalue weighted by Gasteiger charge is 2.18. The van der Waals surface area contributed by atoms with Gasteiger partial charge < -0.3 is 11.1 Å². The van der Waals surface area contributed by atoms with Crippen molar-refractivity contribution in [1.82, 2.24) is 9.78 Å². The van der Waals surface area contributed by atoms with Gasteiger partial charge in [0.15, 0.2) is 0 Å². The summed E-state index contributed by atoms with van der Waals surface area (Å²) in [6.45, 7) is 3.02. The Morgan fingerprint density at radius 3 is 2.80 bits per heavy atom. The van der Waals surface area contributed by atoms with E-state index in [4.69, 9.17) is 5.73 Å². The summed E-state index contributed by atoms with van der Waals surface area (Å²) < 4.78 is 1.94. The van der Waals surface area contributed by atoms with Gasteiger partial charge in [0.1, 0.15) is 0 Å². The molecule has 0 saturated heterocycles. The first kappa shape index (κ1) is 10.5. The number of hydrogen-bond acceptors (Lipinski definition) is 3. The first-order chi connectivity index (χ1) is 7.28. The first-order valence-corrected chi connectivity index (χ1v) is 5.82. The molecule has 1 fully saturated rings. The minimum Gasteiger partial charge on any atom is -0.380 e. The molecule has 4 nitrogen and oxygen atoms in total. The fourth-order valence-electron chi connectivity index (χ4n) is 2.11. The van der Waals surface area contributed by atoms with Crippen molar-refractivity contribution in [1.29, 1.82) is 0 Å². The molecule has 0 unspecified atom stereocenters. The van der Waals surface area contributed by atoms with Crippen LogP contribution in [-0.4, -0.2) is 21.9 Å². The lowest BCUT2D eigenvalue weighted by atomic mass is 9.92. The standard InChI is InChI=1S/C11H20N4/c1-2-15-8-11(7-13-15)14-10-5-3-9(12)4-6-10/h7-10,14H,2-6,12H2,1H3. The molecule has 0 aliphatic heterocycles. The van der Waals surface area contributed by atoms with Crippen molar-refractivity contribution in [2.45, 2.75) is 51.2 Å². The van der Waals surface area contributed by atoms with E-state index < -0.39 is 0 Å². The lowest BCUT2D eigenvalue weighted by Crippen LogP contribution is -2.32. The van der Waals surface area contributed by atoms with E-state index in [1.165, 1.54) is 12.8 Å². The summed E-state index contributed by atoms with van der Waals surface area (Å²) in [5.74, 6) is 0. The second kappa shape index (κ2) is 4.66. The van der Waals surface area contributed by atoms with Crippen LogP contribution in [0, 0.1) is 0 Å². The lowest BCUT2D eigenvalue weighted by Gasteiger charge is -2.26. The monoisotopic (exact) mass is 208 g/mol. The average molecular weight is 208 g/mol. The summed E-state index contributed by atoms with van der Waals surface area (Å²) in [6.07, 6.45) is 8.60. The molecular weight excluding hydrogens is 188 g/mol. The summed E-state index contributed by atoms with van der Waals surface area (Å²) in [5.41, 5.74) is 7.01. The minimum atomic E-state index is 0.418. The number of aromatic nitrogens is 2. The first-order valence-electron chi connectivity index (χ1n) is 5.82. The minimum absolute atomic E-state index is 0.418. The third-order valence-electron chi connectivity index (χ3n) is 3.10. The van der Waals surface area contributed by atoms with Gasteiger partial charge in [-0.1, -0.05) is 0 Å². The van der Waals surface area contributed by atoms with E-state index in [2.05, 4.69) is 23.5 Å². The normalized spacial score (nSPS) is 26.5. The van der Waals surface area contributed by atoms with Gasteiger partial charge >= 0.3 is 0 Å². The molecule has 0 atom stereocenters. The van der Waals surface area contributed by atoms with E-state index in [0.29, 0.717) is 12.1 Å². The lowest BCUT2D eigenvalue weighted by molar-refractivity contribution is 0.411. The molecule has 1 aromatic heterocycles. The molecule has 1 aliphatic rings. The highest BCUT2D eigenvalue weighted by atomic mass is 15.3. The van der Waals surface area contributed by atoms with Crippen molar-refractivity contribution in [3.63, 3.8) is 0 Å². The van der Waals surface area contributed by atoms with Gasteiger partial charge in [0, 0.05) is 24.8 Å². The van der Waals surface area contributed by atoms with Crippen molar-refractivity contribution < 1.29 is 0 Å². The van der Waals surface area contributed by atoms with Crippen LogP contribution in [0.15, 0.2) is 12.4 Å². The van der Waals surface area contributed by atoms with E-state index in [0.717, 1.165) is 25.1 Å². The van der Waals surface area contributed by atoms with Crippen LogP contribution in [0.25, 0.3) is 0 Å². The SMILES string of the molecule is CCn1cc(NC2CCC(N)CC2)cn1. The van der Waals surface area contributed by atoms with Gasteiger partial charge in [0.25, 0.3) is 0 Å². The van der Waals surface area contributed by atoms with Crippen LogP contribution in [0.3, 0.4) is 0 Å². The molecule has 0 amide bonds. The van der Waals surface area contributed by atoms with Crippen LogP contribution in [0.1, 0.15) is 32.6 Å². The molecular formula is C11H20N4. The van der Waals surface area contributed by atoms with E-state index in [1.54, 1.807) is 0 Å². The number of hydrogen-bond donors (Lipinski definition) is 2. The fraction of sp³-hybridized carbons (Fsp3) is 0.727. The Morgan fingerprint density at radius 1 is 1.47 bits per heavy atom. The van der Waals surface area contributed by atoms with Crippen LogP contribution >= 0.6 is 0 Å². The summed E-state index contributed by atoms with van der Waals surface area (Å²) in [5, 5.41) is 7.76. The molecule has 84 valence electrons. The maximum absolute atomic E-state index is 5.87. The summed E-state index contributed by atoms with van der Waals surface area (Å²) in [7, 11) is 0. The molecule has 0 bridgehead atoms. The van der Waals surface area contributed by atoms with Gasteiger partial charge in [0.05, 0.1) is 11.9 Å². The predicted octanol–water partition coefficient (Wildman–Crippen LogP) is 1.58. The number of nitrogens with zero attached hydrogens (tertiary/aromatic N) is 2. The fourth-order valence-corrected chi connectivity index (χ4v) is 2.11. The second-order valence-corrected chi connectivity index (χ2v) is 4.34. The molecule has 1 saturated carbocycles. The molecule has 3 N–H and O–H groups in total. The van der Waals surface area contributed by atoms with Gasteiger partial charge in [-0.25, -0.2) is 0 Å². The highest BCUT2D eigenvalue weighted by Crippen LogP contribution is 2.20. The largest absolute Gasteiger partial charge is 0.380 e. The Morgan fingerprint density at radius 2 is 2.20 bits per heavy atom. The average Bonchev–Trinajstić information content (AvgIpc) is 2.69. The molecule has 1 aromatic rings. The zero-order valence-electron chi connectivity index (χ0n) is 9.32. The summed E-state index contributed by atoms with van der Waals surface area (Å²) >= 11 is 0. The molecule has 1 heterocycles. The molecule has 0 radical (unpaired) electrons. The number of anilines is 1. The number of rotatable bonds is 3. The smallest absolute Gasteiger partial charge is 0.0728 e. The molecule has 4 heteroatoms. The van der Waals surface area contributed by atoms with E-state index in [1.807, 2.05) is 10.9 Å². The van der Waals surface area contributed by atoms with E-state index in [-0.39, 0.29) is 0 Å². The quantitative estimate of drug-likeness (QED) is 0.793. The maximum Gasteiger partial charge on any atom is 0.0728 e. The Bertz CT molecular complexity index is 299. The Hall–Kier alpha value is -1.03. The molecule has 0 aromatic carbocycles. The predicted molar refractivity (Wildman–Crippen MR) is 61.8 cm³/mol.